The number of pyridine rings is 1. The summed E-state index contributed by atoms with van der Waals surface area (Å²) in [5.41, 5.74) is 0.601. The molecule has 3 aromatic rings. The van der Waals surface area contributed by atoms with E-state index < -0.39 is 23.9 Å². The van der Waals surface area contributed by atoms with Crippen LogP contribution in [0.15, 0.2) is 30.3 Å². The zero-order valence-corrected chi connectivity index (χ0v) is 20.8. The fourth-order valence-corrected chi connectivity index (χ4v) is 5.12. The number of halogens is 3. The minimum absolute atomic E-state index is 0.155. The Balaban J connectivity index is 1.63. The average molecular weight is 522 g/mol. The molecule has 1 atom stereocenters. The van der Waals surface area contributed by atoms with E-state index in [1.165, 1.54) is 11.0 Å². The predicted molar refractivity (Wildman–Crippen MR) is 133 cm³/mol. The van der Waals surface area contributed by atoms with Crippen molar-refractivity contribution in [3.05, 3.63) is 41.6 Å². The highest BCUT2D eigenvalue weighted by molar-refractivity contribution is 7.22. The summed E-state index contributed by atoms with van der Waals surface area (Å²) in [6, 6.07) is 7.43. The summed E-state index contributed by atoms with van der Waals surface area (Å²) in [6.45, 7) is 4.95. The molecule has 2 aromatic heterocycles. The first-order chi connectivity index (χ1) is 16.9. The highest BCUT2D eigenvalue weighted by Gasteiger charge is 2.35. The monoisotopic (exact) mass is 521 g/mol. The molecule has 1 fully saturated rings. The molecule has 3 heterocycles. The molecule has 0 aliphatic carbocycles. The van der Waals surface area contributed by atoms with Crippen LogP contribution in [0.3, 0.4) is 0 Å². The number of amides is 2. The number of piperidine rings is 1. The van der Waals surface area contributed by atoms with Crippen LogP contribution in [0.25, 0.3) is 10.2 Å². The number of likely N-dealkylation sites (N-methyl/N-ethyl adjacent to an activating group) is 1. The Morgan fingerprint density at radius 3 is 2.53 bits per heavy atom. The van der Waals surface area contributed by atoms with Crippen molar-refractivity contribution in [3.8, 4) is 0 Å². The van der Waals surface area contributed by atoms with Crippen LogP contribution in [0.4, 0.5) is 34.6 Å². The number of carbonyl (C=O) groups excluding carboxylic acids is 1. The number of nitrogens with zero attached hydrogens (tertiary/aromatic N) is 4. The van der Waals surface area contributed by atoms with Crippen molar-refractivity contribution in [2.24, 2.45) is 5.92 Å². The number of anilines is 3. The average Bonchev–Trinajstić information content (AvgIpc) is 3.23. The van der Waals surface area contributed by atoms with Crippen molar-refractivity contribution in [2.75, 3.05) is 35.3 Å². The molecule has 1 aromatic carbocycles. The topological polar surface area (TPSA) is 98.7 Å². The van der Waals surface area contributed by atoms with Crippen LogP contribution in [0.1, 0.15) is 43.9 Å². The van der Waals surface area contributed by atoms with Crippen LogP contribution < -0.4 is 15.1 Å². The molecule has 4 rings (SSSR count). The second-order valence-electron chi connectivity index (χ2n) is 9.00. The molecule has 192 valence electrons. The highest BCUT2D eigenvalue weighted by atomic mass is 32.1. The quantitative estimate of drug-likeness (QED) is 0.440. The minimum atomic E-state index is -4.59. The Hall–Kier alpha value is -3.41. The highest BCUT2D eigenvalue weighted by Crippen LogP contribution is 2.37. The molecule has 36 heavy (non-hydrogen) atoms. The van der Waals surface area contributed by atoms with E-state index in [0.29, 0.717) is 40.5 Å². The van der Waals surface area contributed by atoms with Gasteiger partial charge in [0.05, 0.1) is 21.8 Å². The fraction of sp³-hybridized carbons (Fsp3) is 0.417. The molecule has 1 saturated heterocycles. The summed E-state index contributed by atoms with van der Waals surface area (Å²) in [6.07, 6.45) is -4.15. The van der Waals surface area contributed by atoms with Gasteiger partial charge in [0, 0.05) is 20.1 Å². The standard InChI is InChI=1S/C24H26F3N5O3S/c1-13-8-10-32(11-9-13)20-17(6-7-19(29-20)24(25,26)27)31(3)21(33)14(2)15-4-5-16-18(12-15)36-22(28-16)30-23(34)35/h4-7,12-14H,8-11H2,1-3H3,(H,28,30)(H,34,35). The Morgan fingerprint density at radius 2 is 1.89 bits per heavy atom. The fourth-order valence-electron chi connectivity index (χ4n) is 4.22. The lowest BCUT2D eigenvalue weighted by Gasteiger charge is -2.34. The van der Waals surface area contributed by atoms with Crippen LogP contribution in [-0.2, 0) is 11.0 Å². The van der Waals surface area contributed by atoms with Crippen molar-refractivity contribution in [2.45, 2.75) is 38.8 Å². The summed E-state index contributed by atoms with van der Waals surface area (Å²) in [5, 5.41) is 11.3. The molecule has 1 aliphatic rings. The Bertz CT molecular complexity index is 1290. The van der Waals surface area contributed by atoms with Crippen LogP contribution in [0.2, 0.25) is 0 Å². The molecule has 8 nitrogen and oxygen atoms in total. The first-order valence-corrected chi connectivity index (χ1v) is 12.3. The first kappa shape index (κ1) is 25.7. The van der Waals surface area contributed by atoms with Gasteiger partial charge in [-0.15, -0.1) is 0 Å². The number of carboxylic acid groups (broad SMARTS) is 1. The van der Waals surface area contributed by atoms with E-state index >= 15 is 0 Å². The molecule has 1 aliphatic heterocycles. The van der Waals surface area contributed by atoms with Crippen LogP contribution in [-0.4, -0.2) is 47.2 Å². The van der Waals surface area contributed by atoms with E-state index in [9.17, 15) is 22.8 Å². The van der Waals surface area contributed by atoms with Gasteiger partial charge in [-0.05, 0) is 55.5 Å². The summed E-state index contributed by atoms with van der Waals surface area (Å²) >= 11 is 1.15. The van der Waals surface area contributed by atoms with Crippen molar-refractivity contribution in [3.63, 3.8) is 0 Å². The van der Waals surface area contributed by atoms with Crippen molar-refractivity contribution in [1.29, 1.82) is 0 Å². The van der Waals surface area contributed by atoms with E-state index in [4.69, 9.17) is 5.11 Å². The predicted octanol–water partition coefficient (Wildman–Crippen LogP) is 5.80. The summed E-state index contributed by atoms with van der Waals surface area (Å²) < 4.78 is 41.0. The second kappa shape index (κ2) is 9.92. The molecular weight excluding hydrogens is 495 g/mol. The van der Waals surface area contributed by atoms with Gasteiger partial charge in [0.15, 0.2) is 10.9 Å². The summed E-state index contributed by atoms with van der Waals surface area (Å²) in [7, 11) is 1.54. The third-order valence-corrected chi connectivity index (χ3v) is 7.35. The number of hydrogen-bond acceptors (Lipinski definition) is 6. The molecule has 2 N–H and O–H groups in total. The number of rotatable bonds is 5. The number of thiazole rings is 1. The largest absolute Gasteiger partial charge is 0.465 e. The van der Waals surface area contributed by atoms with Gasteiger partial charge < -0.3 is 14.9 Å². The number of alkyl halides is 3. The third kappa shape index (κ3) is 5.38. The number of hydrogen-bond donors (Lipinski definition) is 2. The molecule has 12 heteroatoms. The SMILES string of the molecule is CC1CCN(c2nc(C(F)(F)F)ccc2N(C)C(=O)C(C)c2ccc3nc(NC(=O)O)sc3c2)CC1. The molecule has 0 saturated carbocycles. The lowest BCUT2D eigenvalue weighted by molar-refractivity contribution is -0.141. The molecule has 2 amide bonds. The van der Waals surface area contributed by atoms with Crippen molar-refractivity contribution >= 4 is 50.2 Å². The maximum Gasteiger partial charge on any atom is 0.433 e. The number of fused-ring (bicyclic) bond motifs is 1. The Morgan fingerprint density at radius 1 is 1.19 bits per heavy atom. The van der Waals surface area contributed by atoms with Gasteiger partial charge in [-0.25, -0.2) is 14.8 Å². The van der Waals surface area contributed by atoms with Gasteiger partial charge in [-0.1, -0.05) is 24.3 Å². The smallest absolute Gasteiger partial charge is 0.433 e. The maximum absolute atomic E-state index is 13.5. The van der Waals surface area contributed by atoms with Crippen LogP contribution in [0.5, 0.6) is 0 Å². The summed E-state index contributed by atoms with van der Waals surface area (Å²) in [4.78, 5) is 35.7. The van der Waals surface area contributed by atoms with Crippen LogP contribution in [0, 0.1) is 5.92 Å². The van der Waals surface area contributed by atoms with Gasteiger partial charge in [-0.3, -0.25) is 10.1 Å². The van der Waals surface area contributed by atoms with Gasteiger partial charge in [0.1, 0.15) is 5.69 Å². The lowest BCUT2D eigenvalue weighted by Crippen LogP contribution is -2.37. The van der Waals surface area contributed by atoms with E-state index in [0.717, 1.165) is 30.2 Å². The van der Waals surface area contributed by atoms with Gasteiger partial charge in [0.2, 0.25) is 5.91 Å². The van der Waals surface area contributed by atoms with Crippen molar-refractivity contribution < 1.29 is 27.9 Å². The Kier molecular flexibility index (Phi) is 7.07. The van der Waals surface area contributed by atoms with Crippen molar-refractivity contribution in [1.82, 2.24) is 9.97 Å². The number of nitrogens with one attached hydrogen (secondary N) is 1. The minimum Gasteiger partial charge on any atom is -0.465 e. The van der Waals surface area contributed by atoms with Gasteiger partial charge >= 0.3 is 12.3 Å². The molecule has 0 radical (unpaired) electrons. The maximum atomic E-state index is 13.5. The molecule has 0 spiro atoms. The Labute approximate surface area is 209 Å². The zero-order chi connectivity index (χ0) is 26.2. The van der Waals surface area contributed by atoms with Gasteiger partial charge in [0.25, 0.3) is 0 Å². The number of aromatic nitrogens is 2. The van der Waals surface area contributed by atoms with Crippen LogP contribution >= 0.6 is 11.3 Å². The lowest BCUT2D eigenvalue weighted by atomic mass is 9.98. The first-order valence-electron chi connectivity index (χ1n) is 11.4. The number of benzene rings is 1. The number of carbonyl (C=O) groups is 2. The molecule has 1 unspecified atom stereocenters. The van der Waals surface area contributed by atoms with E-state index in [1.54, 1.807) is 32.2 Å². The van der Waals surface area contributed by atoms with Gasteiger partial charge in [-0.2, -0.15) is 13.2 Å². The molecule has 0 bridgehead atoms. The summed E-state index contributed by atoms with van der Waals surface area (Å²) in [5.74, 6) is -0.297. The second-order valence-corrected chi connectivity index (χ2v) is 10.0. The van der Waals surface area contributed by atoms with E-state index in [2.05, 4.69) is 22.2 Å². The molecular formula is C24H26F3N5O3S. The third-order valence-electron chi connectivity index (χ3n) is 6.42. The van der Waals surface area contributed by atoms with E-state index in [-0.39, 0.29) is 16.9 Å². The normalized spacial score (nSPS) is 15.7. The van der Waals surface area contributed by atoms with E-state index in [1.807, 2.05) is 4.90 Å². The zero-order valence-electron chi connectivity index (χ0n) is 20.0.